The first-order valence-electron chi connectivity index (χ1n) is 10.1. The zero-order valence-corrected chi connectivity index (χ0v) is 21.9. The van der Waals surface area contributed by atoms with E-state index in [0.717, 1.165) is 29.2 Å². The summed E-state index contributed by atoms with van der Waals surface area (Å²) in [6.45, 7) is 0. The Kier molecular flexibility index (Phi) is 9.64. The van der Waals surface area contributed by atoms with Gasteiger partial charge in [0.15, 0.2) is 0 Å². The smallest absolute Gasteiger partial charge is 0.475 e. The van der Waals surface area contributed by atoms with Crippen LogP contribution in [0.15, 0.2) is 62.5 Å². The fourth-order valence-electron chi connectivity index (χ4n) is 2.91. The van der Waals surface area contributed by atoms with Crippen LogP contribution in [-0.4, -0.2) is 37.8 Å². The Hall–Kier alpha value is -3.25. The molecule has 4 N–H and O–H groups in total. The third kappa shape index (κ3) is 7.91. The molecule has 0 bridgehead atoms. The van der Waals surface area contributed by atoms with E-state index in [4.69, 9.17) is 21.0 Å². The zero-order valence-electron chi connectivity index (χ0n) is 19.5. The lowest BCUT2D eigenvalue weighted by Crippen LogP contribution is -2.21. The highest BCUT2D eigenvalue weighted by Crippen LogP contribution is 2.40. The maximum atomic E-state index is 13.2. The van der Waals surface area contributed by atoms with Crippen molar-refractivity contribution in [1.29, 1.82) is 5.41 Å². The van der Waals surface area contributed by atoms with Crippen LogP contribution in [0.25, 0.3) is 11.1 Å². The number of thioether (sulfide) groups is 1. The van der Waals surface area contributed by atoms with Crippen LogP contribution in [-0.2, 0) is 27.0 Å². The summed E-state index contributed by atoms with van der Waals surface area (Å²) in [7, 11) is -4.21. The molecule has 18 heteroatoms. The number of rotatable bonds is 5. The third-order valence-electron chi connectivity index (χ3n) is 4.71. The number of amidine groups is 1. The maximum absolute atomic E-state index is 13.2. The first-order valence-corrected chi connectivity index (χ1v) is 13.6. The molecular formula is C22H15F9N2O4S3. The minimum atomic E-state index is -5.08. The molecule has 0 fully saturated rings. The molecule has 0 saturated heterocycles. The number of carbonyl (C=O) groups is 1. The summed E-state index contributed by atoms with van der Waals surface area (Å²) < 4.78 is 138. The van der Waals surface area contributed by atoms with Gasteiger partial charge in [-0.05, 0) is 53.8 Å². The van der Waals surface area contributed by atoms with Crippen molar-refractivity contribution >= 4 is 44.7 Å². The first kappa shape index (κ1) is 33.0. The standard InChI is InChI=1S/C20H14F6N2O2S3.C2HF3O2/c1-31-18-16(9-15(32-18)17(27)28)33(29,30)14-4-2-3-10(7-14)11-5-12(19(21,22)23)8-13(6-11)20(24,25)26;3-2(4,5)1(6)7/h2-9H,1H3,(H3,27,28);(H,6,7). The van der Waals surface area contributed by atoms with Crippen molar-refractivity contribution in [3.8, 4) is 11.1 Å². The number of nitrogens with one attached hydrogen (secondary N) is 1. The minimum Gasteiger partial charge on any atom is -0.475 e. The molecule has 1 aromatic heterocycles. The Bertz CT molecular complexity index is 1500. The molecule has 218 valence electrons. The molecule has 0 amide bonds. The predicted molar refractivity (Wildman–Crippen MR) is 128 cm³/mol. The number of halogens is 9. The number of hydrogen-bond donors (Lipinski definition) is 3. The summed E-state index contributed by atoms with van der Waals surface area (Å²) in [6.07, 6.45) is -13.5. The highest BCUT2D eigenvalue weighted by atomic mass is 32.2. The predicted octanol–water partition coefficient (Wildman–Crippen LogP) is 6.92. The number of nitrogens with two attached hydrogens (primary N) is 1. The molecule has 3 aromatic rings. The van der Waals surface area contributed by atoms with Gasteiger partial charge in [0, 0.05) is 0 Å². The van der Waals surface area contributed by atoms with Gasteiger partial charge in [0.05, 0.1) is 30.0 Å². The summed E-state index contributed by atoms with van der Waals surface area (Å²) in [5, 5.41) is 14.6. The van der Waals surface area contributed by atoms with Crippen molar-refractivity contribution in [3.05, 3.63) is 64.5 Å². The molecule has 3 rings (SSSR count). The van der Waals surface area contributed by atoms with Crippen molar-refractivity contribution in [2.24, 2.45) is 5.73 Å². The Morgan fingerprint density at radius 1 is 0.900 bits per heavy atom. The highest BCUT2D eigenvalue weighted by Gasteiger charge is 2.38. The Morgan fingerprint density at radius 2 is 1.40 bits per heavy atom. The Labute approximate surface area is 228 Å². The number of hydrogen-bond acceptors (Lipinski definition) is 6. The molecular weight excluding hydrogens is 623 g/mol. The molecule has 40 heavy (non-hydrogen) atoms. The van der Waals surface area contributed by atoms with E-state index in [0.29, 0.717) is 16.3 Å². The number of sulfone groups is 1. The average Bonchev–Trinajstić information content (AvgIpc) is 3.28. The highest BCUT2D eigenvalue weighted by molar-refractivity contribution is 8.01. The second kappa shape index (κ2) is 11.7. The van der Waals surface area contributed by atoms with E-state index in [1.165, 1.54) is 24.3 Å². The molecule has 1 heterocycles. The van der Waals surface area contributed by atoms with Crippen LogP contribution in [0.3, 0.4) is 0 Å². The largest absolute Gasteiger partial charge is 0.490 e. The van der Waals surface area contributed by atoms with E-state index in [1.807, 2.05) is 0 Å². The van der Waals surface area contributed by atoms with Gasteiger partial charge in [0.1, 0.15) is 5.84 Å². The molecule has 0 spiro atoms. The van der Waals surface area contributed by atoms with E-state index in [-0.39, 0.29) is 32.1 Å². The summed E-state index contributed by atoms with van der Waals surface area (Å²) in [4.78, 5) is 8.63. The first-order chi connectivity index (χ1) is 18.1. The second-order valence-corrected chi connectivity index (χ2v) is 11.6. The van der Waals surface area contributed by atoms with Crippen LogP contribution in [0.2, 0.25) is 0 Å². The van der Waals surface area contributed by atoms with Crippen molar-refractivity contribution in [2.45, 2.75) is 32.5 Å². The third-order valence-corrected chi connectivity index (χ3v) is 9.05. The lowest BCUT2D eigenvalue weighted by molar-refractivity contribution is -0.192. The molecule has 2 aromatic carbocycles. The summed E-state index contributed by atoms with van der Waals surface area (Å²) >= 11 is 2.09. The van der Waals surface area contributed by atoms with E-state index in [1.54, 1.807) is 6.26 Å². The molecule has 6 nitrogen and oxygen atoms in total. The van der Waals surface area contributed by atoms with Crippen molar-refractivity contribution < 1.29 is 57.8 Å². The topological polar surface area (TPSA) is 121 Å². The molecule has 0 aliphatic heterocycles. The van der Waals surface area contributed by atoms with Crippen molar-refractivity contribution in [3.63, 3.8) is 0 Å². The van der Waals surface area contributed by atoms with E-state index < -0.39 is 51.0 Å². The average molecular weight is 639 g/mol. The number of aliphatic carboxylic acids is 1. The molecule has 0 atom stereocenters. The summed E-state index contributed by atoms with van der Waals surface area (Å²) in [5.41, 5.74) is 1.85. The van der Waals surface area contributed by atoms with Crippen molar-refractivity contribution in [2.75, 3.05) is 6.26 Å². The van der Waals surface area contributed by atoms with Gasteiger partial charge in [-0.2, -0.15) is 39.5 Å². The Balaban J connectivity index is 0.000000708. The number of benzene rings is 2. The van der Waals surface area contributed by atoms with Crippen LogP contribution >= 0.6 is 23.1 Å². The van der Waals surface area contributed by atoms with Gasteiger partial charge in [0.25, 0.3) is 0 Å². The van der Waals surface area contributed by atoms with Crippen molar-refractivity contribution in [1.82, 2.24) is 0 Å². The van der Waals surface area contributed by atoms with E-state index in [9.17, 15) is 47.9 Å². The SMILES string of the molecule is CSc1sc(C(=N)N)cc1S(=O)(=O)c1cccc(-c2cc(C(F)(F)F)cc(C(F)(F)F)c2)c1.O=C(O)C(F)(F)F. The van der Waals surface area contributed by atoms with Crippen LogP contribution in [0.5, 0.6) is 0 Å². The maximum Gasteiger partial charge on any atom is 0.490 e. The lowest BCUT2D eigenvalue weighted by atomic mass is 9.99. The van der Waals surface area contributed by atoms with E-state index >= 15 is 0 Å². The number of alkyl halides is 9. The second-order valence-electron chi connectivity index (χ2n) is 7.51. The fourth-order valence-corrected chi connectivity index (χ4v) is 6.81. The van der Waals surface area contributed by atoms with Crippen LogP contribution in [0.4, 0.5) is 39.5 Å². The van der Waals surface area contributed by atoms with Crippen LogP contribution in [0.1, 0.15) is 16.0 Å². The quantitative estimate of drug-likeness (QED) is 0.121. The number of carboxylic acid groups (broad SMARTS) is 1. The fraction of sp³-hybridized carbons (Fsp3) is 0.182. The molecule has 0 radical (unpaired) electrons. The lowest BCUT2D eigenvalue weighted by Gasteiger charge is -2.15. The number of carboxylic acids is 1. The van der Waals surface area contributed by atoms with Gasteiger partial charge in [-0.1, -0.05) is 12.1 Å². The van der Waals surface area contributed by atoms with E-state index in [2.05, 4.69) is 0 Å². The molecule has 0 aliphatic carbocycles. The molecule has 0 unspecified atom stereocenters. The summed E-state index contributed by atoms with van der Waals surface area (Å²) in [6, 6.07) is 6.94. The monoisotopic (exact) mass is 638 g/mol. The zero-order chi connectivity index (χ0) is 30.8. The van der Waals surface area contributed by atoms with Gasteiger partial charge in [0.2, 0.25) is 9.84 Å². The minimum absolute atomic E-state index is 0.00346. The molecule has 0 aliphatic rings. The van der Waals surface area contributed by atoms with Gasteiger partial charge < -0.3 is 10.8 Å². The van der Waals surface area contributed by atoms with Gasteiger partial charge in [-0.15, -0.1) is 23.1 Å². The van der Waals surface area contributed by atoms with Gasteiger partial charge in [-0.3, -0.25) is 5.41 Å². The Morgan fingerprint density at radius 3 is 1.80 bits per heavy atom. The van der Waals surface area contributed by atoms with Gasteiger partial charge >= 0.3 is 24.5 Å². The van der Waals surface area contributed by atoms with Crippen LogP contribution in [0, 0.1) is 5.41 Å². The normalized spacial score (nSPS) is 12.4. The summed E-state index contributed by atoms with van der Waals surface area (Å²) in [5.74, 6) is -3.10. The number of thiophene rings is 1. The molecule has 0 saturated carbocycles. The number of nitrogen functional groups attached to an aromatic ring is 1. The van der Waals surface area contributed by atoms with Gasteiger partial charge in [-0.25, -0.2) is 13.2 Å². The van der Waals surface area contributed by atoms with Crippen LogP contribution < -0.4 is 5.73 Å².